The fraction of sp³-hybridized carbons (Fsp3) is 0.318. The van der Waals surface area contributed by atoms with Gasteiger partial charge in [0.05, 0.1) is 4.90 Å². The Morgan fingerprint density at radius 1 is 0.903 bits per heavy atom. The lowest BCUT2D eigenvalue weighted by molar-refractivity contribution is -0.121. The number of rotatable bonds is 6. The van der Waals surface area contributed by atoms with Gasteiger partial charge in [-0.15, -0.1) is 0 Å². The number of Topliss-reactive ketones (excluding diaryl/α,β-unsaturated/α-hetero) is 1. The molecule has 2 N–H and O–H groups in total. The maximum atomic E-state index is 12.8. The molecular weight excluding hydrogens is 438 g/mol. The van der Waals surface area contributed by atoms with Crippen molar-refractivity contribution in [2.75, 3.05) is 5.75 Å². The van der Waals surface area contributed by atoms with Crippen molar-refractivity contribution in [1.82, 2.24) is 0 Å². The minimum Gasteiger partial charge on any atom is -0.461 e. The van der Waals surface area contributed by atoms with Crippen molar-refractivity contribution in [2.24, 2.45) is 11.1 Å². The molecule has 2 aromatic carbocycles. The second-order valence-corrected chi connectivity index (χ2v) is 11.4. The van der Waals surface area contributed by atoms with Crippen LogP contribution in [0.4, 0.5) is 0 Å². The van der Waals surface area contributed by atoms with Gasteiger partial charge < -0.3 is 4.42 Å². The molecule has 0 saturated heterocycles. The predicted molar refractivity (Wildman–Crippen MR) is 116 cm³/mol. The average Bonchev–Trinajstić information content (AvgIpc) is 3.17. The fourth-order valence-corrected chi connectivity index (χ4v) is 7.00. The summed E-state index contributed by atoms with van der Waals surface area (Å²) >= 11 is 0. The van der Waals surface area contributed by atoms with E-state index in [9.17, 15) is 21.6 Å². The molecule has 1 saturated carbocycles. The van der Waals surface area contributed by atoms with Crippen LogP contribution in [0.15, 0.2) is 68.8 Å². The highest BCUT2D eigenvalue weighted by Crippen LogP contribution is 2.38. The number of ketones is 1. The molecule has 1 aliphatic rings. The number of furan rings is 1. The number of hydrogen-bond donors (Lipinski definition) is 1. The quantitative estimate of drug-likeness (QED) is 0.600. The third-order valence-corrected chi connectivity index (χ3v) is 8.64. The Morgan fingerprint density at radius 2 is 1.52 bits per heavy atom. The molecule has 7 nitrogen and oxygen atoms in total. The molecule has 1 heterocycles. The Hall–Kier alpha value is -2.49. The van der Waals surface area contributed by atoms with Crippen molar-refractivity contribution in [3.05, 3.63) is 60.4 Å². The van der Waals surface area contributed by atoms with Crippen LogP contribution < -0.4 is 5.14 Å². The topological polar surface area (TPSA) is 125 Å². The Kier molecular flexibility index (Phi) is 5.76. The molecule has 0 aliphatic heterocycles. The number of primary sulfonamides is 1. The second-order valence-electron chi connectivity index (χ2n) is 7.95. The van der Waals surface area contributed by atoms with Crippen molar-refractivity contribution in [2.45, 2.75) is 41.4 Å². The summed E-state index contributed by atoms with van der Waals surface area (Å²) in [6, 6.07) is 14.9. The standard InChI is InChI=1S/C22H23NO6S2/c23-31(27,28)22-8-4-3-7-21(22)30(25,26)14-18(24)15-9-11-16(12-10-15)20-13-17-5-1-2-6-19(17)29-20/h1-8,13,15-16H,9-12,14H2,(H2,23,27,28). The van der Waals surface area contributed by atoms with E-state index in [0.29, 0.717) is 12.8 Å². The van der Waals surface area contributed by atoms with Crippen LogP contribution in [0.25, 0.3) is 11.0 Å². The first-order valence-electron chi connectivity index (χ1n) is 10.0. The molecule has 164 valence electrons. The van der Waals surface area contributed by atoms with Crippen LogP contribution in [0, 0.1) is 5.92 Å². The zero-order valence-electron chi connectivity index (χ0n) is 16.7. The summed E-state index contributed by atoms with van der Waals surface area (Å²) in [6.07, 6.45) is 2.58. The summed E-state index contributed by atoms with van der Waals surface area (Å²) in [5, 5.41) is 6.18. The van der Waals surface area contributed by atoms with Gasteiger partial charge in [0.15, 0.2) is 15.6 Å². The van der Waals surface area contributed by atoms with E-state index in [1.165, 1.54) is 18.2 Å². The third kappa shape index (κ3) is 4.58. The smallest absolute Gasteiger partial charge is 0.239 e. The van der Waals surface area contributed by atoms with Crippen molar-refractivity contribution in [3.8, 4) is 0 Å². The second kappa shape index (κ2) is 8.22. The van der Waals surface area contributed by atoms with Crippen LogP contribution in [0.5, 0.6) is 0 Å². The Morgan fingerprint density at radius 3 is 2.16 bits per heavy atom. The molecule has 0 radical (unpaired) electrons. The van der Waals surface area contributed by atoms with Gasteiger partial charge in [-0.05, 0) is 49.9 Å². The van der Waals surface area contributed by atoms with Gasteiger partial charge in [0.25, 0.3) is 0 Å². The lowest BCUT2D eigenvalue weighted by Crippen LogP contribution is -2.28. The van der Waals surface area contributed by atoms with E-state index in [1.54, 1.807) is 0 Å². The number of sulfone groups is 1. The predicted octanol–water partition coefficient (Wildman–Crippen LogP) is 3.40. The summed E-state index contributed by atoms with van der Waals surface area (Å²) in [5.41, 5.74) is 0.829. The van der Waals surface area contributed by atoms with Gasteiger partial charge in [0, 0.05) is 17.2 Å². The summed E-state index contributed by atoms with van der Waals surface area (Å²) in [4.78, 5) is 11.8. The minimum atomic E-state index is -4.23. The summed E-state index contributed by atoms with van der Waals surface area (Å²) in [6.45, 7) is 0. The minimum absolute atomic E-state index is 0.191. The number of para-hydroxylation sites is 1. The fourth-order valence-electron chi connectivity index (χ4n) is 4.23. The van der Waals surface area contributed by atoms with Gasteiger partial charge in [0.1, 0.15) is 22.0 Å². The molecule has 1 aliphatic carbocycles. The van der Waals surface area contributed by atoms with E-state index in [1.807, 2.05) is 30.3 Å². The summed E-state index contributed by atoms with van der Waals surface area (Å²) in [5.74, 6) is -0.429. The lowest BCUT2D eigenvalue weighted by atomic mass is 9.79. The number of fused-ring (bicyclic) bond motifs is 1. The zero-order chi connectivity index (χ0) is 22.2. The van der Waals surface area contributed by atoms with Crippen LogP contribution in [-0.2, 0) is 24.7 Å². The molecular formula is C22H23NO6S2. The number of nitrogens with two attached hydrogens (primary N) is 1. The number of carbonyl (C=O) groups is 1. The zero-order valence-corrected chi connectivity index (χ0v) is 18.4. The molecule has 9 heteroatoms. The first kappa shape index (κ1) is 21.7. The maximum absolute atomic E-state index is 12.8. The monoisotopic (exact) mass is 461 g/mol. The van der Waals surface area contributed by atoms with Crippen molar-refractivity contribution in [3.63, 3.8) is 0 Å². The molecule has 0 spiro atoms. The Labute approximate surface area is 181 Å². The molecule has 0 unspecified atom stereocenters. The average molecular weight is 462 g/mol. The highest BCUT2D eigenvalue weighted by atomic mass is 32.2. The maximum Gasteiger partial charge on any atom is 0.239 e. The summed E-state index contributed by atoms with van der Waals surface area (Å²) < 4.78 is 55.0. The van der Waals surface area contributed by atoms with E-state index in [4.69, 9.17) is 9.56 Å². The van der Waals surface area contributed by atoms with Crippen molar-refractivity contribution >= 4 is 36.6 Å². The van der Waals surface area contributed by atoms with Crippen LogP contribution in [0.1, 0.15) is 37.4 Å². The highest BCUT2D eigenvalue weighted by molar-refractivity contribution is 7.94. The van der Waals surface area contributed by atoms with Gasteiger partial charge in [-0.25, -0.2) is 22.0 Å². The molecule has 0 bridgehead atoms. The third-order valence-electron chi connectivity index (χ3n) is 5.85. The molecule has 0 atom stereocenters. The number of benzene rings is 2. The van der Waals surface area contributed by atoms with E-state index in [2.05, 4.69) is 0 Å². The van der Waals surface area contributed by atoms with Gasteiger partial charge >= 0.3 is 0 Å². The van der Waals surface area contributed by atoms with Crippen LogP contribution in [0.3, 0.4) is 0 Å². The summed E-state index contributed by atoms with van der Waals surface area (Å²) in [7, 11) is -8.36. The van der Waals surface area contributed by atoms with E-state index < -0.39 is 41.2 Å². The normalized spacial score (nSPS) is 20.0. The molecule has 1 fully saturated rings. The SMILES string of the molecule is NS(=O)(=O)c1ccccc1S(=O)(=O)CC(=O)C1CCC(c2cc3ccccc3o2)CC1. The number of carbonyl (C=O) groups excluding carboxylic acids is 1. The van der Waals surface area contributed by atoms with E-state index in [0.717, 1.165) is 35.6 Å². The largest absolute Gasteiger partial charge is 0.461 e. The molecule has 0 amide bonds. The Balaban J connectivity index is 1.44. The van der Waals surface area contributed by atoms with Gasteiger partial charge in [-0.3, -0.25) is 4.79 Å². The van der Waals surface area contributed by atoms with Gasteiger partial charge in [0.2, 0.25) is 10.0 Å². The van der Waals surface area contributed by atoms with Crippen molar-refractivity contribution in [1.29, 1.82) is 0 Å². The molecule has 31 heavy (non-hydrogen) atoms. The molecule has 1 aromatic heterocycles. The lowest BCUT2D eigenvalue weighted by Gasteiger charge is -2.26. The van der Waals surface area contributed by atoms with Gasteiger partial charge in [-0.2, -0.15) is 0 Å². The molecule has 3 aromatic rings. The number of sulfonamides is 1. The van der Waals surface area contributed by atoms with E-state index in [-0.39, 0.29) is 11.8 Å². The number of hydrogen-bond acceptors (Lipinski definition) is 6. The first-order chi connectivity index (χ1) is 14.6. The van der Waals surface area contributed by atoms with Crippen molar-refractivity contribution < 1.29 is 26.0 Å². The highest BCUT2D eigenvalue weighted by Gasteiger charge is 2.33. The first-order valence-corrected chi connectivity index (χ1v) is 13.2. The van der Waals surface area contributed by atoms with Gasteiger partial charge in [-0.1, -0.05) is 30.3 Å². The van der Waals surface area contributed by atoms with Crippen LogP contribution in [0.2, 0.25) is 0 Å². The van der Waals surface area contributed by atoms with Crippen LogP contribution in [-0.4, -0.2) is 28.4 Å². The molecule has 4 rings (SSSR count). The van der Waals surface area contributed by atoms with E-state index >= 15 is 0 Å². The Bertz CT molecular complexity index is 1300. The van der Waals surface area contributed by atoms with Crippen LogP contribution >= 0.6 is 0 Å².